The second kappa shape index (κ2) is 5.16. The Morgan fingerprint density at radius 2 is 1.62 bits per heavy atom. The number of para-hydroxylation sites is 1. The van der Waals surface area contributed by atoms with Crippen LogP contribution in [-0.4, -0.2) is 4.98 Å². The number of benzene rings is 2. The molecule has 0 aliphatic rings. The van der Waals surface area contributed by atoms with E-state index in [1.807, 2.05) is 18.2 Å². The molecular weight excluding hydrogens is 278 g/mol. The highest BCUT2D eigenvalue weighted by molar-refractivity contribution is 6.30. The summed E-state index contributed by atoms with van der Waals surface area (Å²) in [5, 5.41) is 1.73. The van der Waals surface area contributed by atoms with E-state index < -0.39 is 0 Å². The zero-order valence-corrected chi connectivity index (χ0v) is 13.3. The lowest BCUT2D eigenvalue weighted by Gasteiger charge is -2.21. The lowest BCUT2D eigenvalue weighted by Crippen LogP contribution is -2.12. The fourth-order valence-electron chi connectivity index (χ4n) is 2.55. The van der Waals surface area contributed by atoms with E-state index in [-0.39, 0.29) is 5.41 Å². The summed E-state index contributed by atoms with van der Waals surface area (Å²) in [6, 6.07) is 18.7. The normalized spacial score (nSPS) is 11.8. The average Bonchev–Trinajstić information content (AvgIpc) is 2.46. The van der Waals surface area contributed by atoms with Crippen LogP contribution >= 0.6 is 11.6 Å². The van der Waals surface area contributed by atoms with Gasteiger partial charge in [-0.05, 0) is 22.6 Å². The number of hydrogen-bond donors (Lipinski definition) is 0. The van der Waals surface area contributed by atoms with Crippen molar-refractivity contribution in [3.05, 3.63) is 65.3 Å². The lowest BCUT2D eigenvalue weighted by atomic mass is 9.87. The number of nitrogens with zero attached hydrogens (tertiary/aromatic N) is 1. The third-order valence-electron chi connectivity index (χ3n) is 3.69. The molecule has 2 aromatic carbocycles. The molecule has 0 atom stereocenters. The van der Waals surface area contributed by atoms with E-state index in [1.165, 1.54) is 0 Å². The van der Waals surface area contributed by atoms with Gasteiger partial charge in [0.2, 0.25) is 0 Å². The standard InChI is InChI=1S/C19H18ClN/c1-19(2,3)16-12-14-10-7-11-15(17(14)21-18(16)20)13-8-5-4-6-9-13/h4-12H,1-3H3. The highest BCUT2D eigenvalue weighted by atomic mass is 35.5. The Morgan fingerprint density at radius 1 is 0.905 bits per heavy atom. The summed E-state index contributed by atoms with van der Waals surface area (Å²) in [6.45, 7) is 6.47. The minimum atomic E-state index is -0.0129. The highest BCUT2D eigenvalue weighted by Crippen LogP contribution is 2.34. The molecule has 0 fully saturated rings. The third-order valence-corrected chi connectivity index (χ3v) is 3.98. The predicted molar refractivity (Wildman–Crippen MR) is 90.9 cm³/mol. The smallest absolute Gasteiger partial charge is 0.133 e. The first-order chi connectivity index (χ1) is 9.97. The van der Waals surface area contributed by atoms with Gasteiger partial charge in [0.1, 0.15) is 5.15 Å². The summed E-state index contributed by atoms with van der Waals surface area (Å²) in [4.78, 5) is 4.68. The van der Waals surface area contributed by atoms with Crippen LogP contribution in [0.5, 0.6) is 0 Å². The summed E-state index contributed by atoms with van der Waals surface area (Å²) < 4.78 is 0. The van der Waals surface area contributed by atoms with Crippen LogP contribution in [0.15, 0.2) is 54.6 Å². The Balaban J connectivity index is 2.29. The second-order valence-corrected chi connectivity index (χ2v) is 6.68. The van der Waals surface area contributed by atoms with Gasteiger partial charge in [-0.3, -0.25) is 0 Å². The molecule has 0 radical (unpaired) electrons. The van der Waals surface area contributed by atoms with Crippen molar-refractivity contribution in [2.75, 3.05) is 0 Å². The van der Waals surface area contributed by atoms with Crippen LogP contribution in [-0.2, 0) is 5.41 Å². The lowest BCUT2D eigenvalue weighted by molar-refractivity contribution is 0.589. The van der Waals surface area contributed by atoms with Crippen LogP contribution in [0.4, 0.5) is 0 Å². The summed E-state index contributed by atoms with van der Waals surface area (Å²) in [6.07, 6.45) is 0. The van der Waals surface area contributed by atoms with Gasteiger partial charge in [-0.15, -0.1) is 0 Å². The fraction of sp³-hybridized carbons (Fsp3) is 0.211. The minimum absolute atomic E-state index is 0.0129. The van der Waals surface area contributed by atoms with Crippen LogP contribution in [0, 0.1) is 0 Å². The van der Waals surface area contributed by atoms with Gasteiger partial charge in [-0.25, -0.2) is 4.98 Å². The maximum absolute atomic E-state index is 6.44. The Bertz CT molecular complexity index is 786. The van der Waals surface area contributed by atoms with Gasteiger partial charge in [0.25, 0.3) is 0 Å². The van der Waals surface area contributed by atoms with Crippen molar-refractivity contribution in [2.45, 2.75) is 26.2 Å². The van der Waals surface area contributed by atoms with Gasteiger partial charge < -0.3 is 0 Å². The number of rotatable bonds is 1. The molecule has 0 spiro atoms. The molecule has 3 rings (SSSR count). The van der Waals surface area contributed by atoms with Gasteiger partial charge >= 0.3 is 0 Å². The number of pyridine rings is 1. The molecule has 1 nitrogen and oxygen atoms in total. The molecule has 2 heteroatoms. The first-order valence-electron chi connectivity index (χ1n) is 7.12. The molecule has 0 saturated carbocycles. The molecular formula is C19H18ClN. The zero-order valence-electron chi connectivity index (χ0n) is 12.5. The Hall–Kier alpha value is -1.86. The van der Waals surface area contributed by atoms with E-state index >= 15 is 0 Å². The number of halogens is 1. The molecule has 0 aliphatic heterocycles. The third kappa shape index (κ3) is 2.66. The van der Waals surface area contributed by atoms with Crippen LogP contribution < -0.4 is 0 Å². The molecule has 0 amide bonds. The number of hydrogen-bond acceptors (Lipinski definition) is 1. The van der Waals surface area contributed by atoms with Gasteiger partial charge in [0, 0.05) is 10.9 Å². The molecule has 3 aromatic rings. The van der Waals surface area contributed by atoms with Crippen LogP contribution in [0.25, 0.3) is 22.0 Å². The molecule has 106 valence electrons. The Kier molecular flexibility index (Phi) is 3.46. The fourth-order valence-corrected chi connectivity index (χ4v) is 2.98. The van der Waals surface area contributed by atoms with Crippen molar-refractivity contribution in [3.8, 4) is 11.1 Å². The van der Waals surface area contributed by atoms with Crippen molar-refractivity contribution in [2.24, 2.45) is 0 Å². The van der Waals surface area contributed by atoms with E-state index in [1.54, 1.807) is 0 Å². The SMILES string of the molecule is CC(C)(C)c1cc2cccc(-c3ccccc3)c2nc1Cl. The van der Waals surface area contributed by atoms with Gasteiger partial charge in [0.15, 0.2) is 0 Å². The van der Waals surface area contributed by atoms with Gasteiger partial charge in [-0.1, -0.05) is 80.9 Å². The topological polar surface area (TPSA) is 12.9 Å². The van der Waals surface area contributed by atoms with Crippen molar-refractivity contribution in [1.29, 1.82) is 0 Å². The second-order valence-electron chi connectivity index (χ2n) is 6.32. The zero-order chi connectivity index (χ0) is 15.0. The predicted octanol–water partition coefficient (Wildman–Crippen LogP) is 5.85. The van der Waals surface area contributed by atoms with E-state index in [2.05, 4.69) is 62.2 Å². The van der Waals surface area contributed by atoms with Crippen LogP contribution in [0.1, 0.15) is 26.3 Å². The summed E-state index contributed by atoms with van der Waals surface area (Å²) in [5.41, 5.74) is 4.32. The summed E-state index contributed by atoms with van der Waals surface area (Å²) >= 11 is 6.44. The molecule has 0 unspecified atom stereocenters. The molecule has 1 heterocycles. The Labute approximate surface area is 130 Å². The summed E-state index contributed by atoms with van der Waals surface area (Å²) in [7, 11) is 0. The molecule has 0 aliphatic carbocycles. The van der Waals surface area contributed by atoms with E-state index in [4.69, 9.17) is 11.6 Å². The van der Waals surface area contributed by atoms with Crippen LogP contribution in [0.3, 0.4) is 0 Å². The average molecular weight is 296 g/mol. The highest BCUT2D eigenvalue weighted by Gasteiger charge is 2.19. The first kappa shape index (κ1) is 14.1. The number of fused-ring (bicyclic) bond motifs is 1. The largest absolute Gasteiger partial charge is 0.235 e. The van der Waals surface area contributed by atoms with E-state index in [9.17, 15) is 0 Å². The molecule has 1 aromatic heterocycles. The maximum atomic E-state index is 6.44. The quantitative estimate of drug-likeness (QED) is 0.513. The number of aromatic nitrogens is 1. The van der Waals surface area contributed by atoms with Crippen molar-refractivity contribution < 1.29 is 0 Å². The minimum Gasteiger partial charge on any atom is -0.235 e. The molecule has 21 heavy (non-hydrogen) atoms. The maximum Gasteiger partial charge on any atom is 0.133 e. The van der Waals surface area contributed by atoms with Gasteiger partial charge in [0.05, 0.1) is 5.52 Å². The van der Waals surface area contributed by atoms with E-state index in [0.29, 0.717) is 5.15 Å². The van der Waals surface area contributed by atoms with E-state index in [0.717, 1.165) is 27.6 Å². The Morgan fingerprint density at radius 3 is 2.29 bits per heavy atom. The van der Waals surface area contributed by atoms with Crippen molar-refractivity contribution in [1.82, 2.24) is 4.98 Å². The summed E-state index contributed by atoms with van der Waals surface area (Å²) in [5.74, 6) is 0. The first-order valence-corrected chi connectivity index (χ1v) is 7.50. The van der Waals surface area contributed by atoms with Crippen molar-refractivity contribution >= 4 is 22.5 Å². The molecule has 0 bridgehead atoms. The van der Waals surface area contributed by atoms with Crippen LogP contribution in [0.2, 0.25) is 5.15 Å². The molecule has 0 saturated heterocycles. The van der Waals surface area contributed by atoms with Crippen molar-refractivity contribution in [3.63, 3.8) is 0 Å². The molecule has 0 N–H and O–H groups in total. The van der Waals surface area contributed by atoms with Gasteiger partial charge in [-0.2, -0.15) is 0 Å². The monoisotopic (exact) mass is 295 g/mol.